The van der Waals surface area contributed by atoms with Crippen LogP contribution in [0.25, 0.3) is 0 Å². The van der Waals surface area contributed by atoms with Crippen molar-refractivity contribution in [3.8, 4) is 5.75 Å². The number of rotatable bonds is 7. The lowest BCUT2D eigenvalue weighted by molar-refractivity contribution is -0.384. The molecular formula is C12H16N2O4. The molecule has 0 spiro atoms. The van der Waals surface area contributed by atoms with E-state index < -0.39 is 11.0 Å². The highest BCUT2D eigenvalue weighted by Gasteiger charge is 2.21. The number of aliphatic hydroxyl groups excluding tert-OH is 1. The van der Waals surface area contributed by atoms with Crippen molar-refractivity contribution in [1.29, 1.82) is 0 Å². The van der Waals surface area contributed by atoms with Crippen molar-refractivity contribution in [1.82, 2.24) is 5.32 Å². The van der Waals surface area contributed by atoms with Crippen molar-refractivity contribution in [3.05, 3.63) is 34.4 Å². The zero-order valence-corrected chi connectivity index (χ0v) is 9.91. The average molecular weight is 252 g/mol. The van der Waals surface area contributed by atoms with E-state index in [0.717, 1.165) is 0 Å². The Morgan fingerprint density at radius 2 is 2.11 bits per heavy atom. The molecule has 0 aliphatic heterocycles. The van der Waals surface area contributed by atoms with Gasteiger partial charge in [-0.15, -0.1) is 0 Å². The van der Waals surface area contributed by atoms with Crippen molar-refractivity contribution in [2.75, 3.05) is 13.2 Å². The quantitative estimate of drug-likeness (QED) is 0.560. The highest BCUT2D eigenvalue weighted by atomic mass is 16.6. The van der Waals surface area contributed by atoms with Crippen LogP contribution < -0.4 is 10.1 Å². The fraction of sp³-hybridized carbons (Fsp3) is 0.500. The number of hydrogen-bond donors (Lipinski definition) is 2. The van der Waals surface area contributed by atoms with E-state index in [-0.39, 0.29) is 12.3 Å². The molecule has 0 amide bonds. The molecule has 1 saturated carbocycles. The molecule has 2 N–H and O–H groups in total. The molecule has 18 heavy (non-hydrogen) atoms. The molecule has 1 atom stereocenters. The fourth-order valence-electron chi connectivity index (χ4n) is 1.51. The third-order valence-electron chi connectivity index (χ3n) is 2.71. The van der Waals surface area contributed by atoms with Crippen LogP contribution in [0.15, 0.2) is 24.3 Å². The number of non-ortho nitro benzene ring substituents is 1. The standard InChI is InChI=1S/C12H16N2O4/c15-11(7-13-9-1-2-9)8-18-12-5-3-10(4-6-12)14(16)17/h3-6,9,11,13,15H,1-2,7-8H2. The summed E-state index contributed by atoms with van der Waals surface area (Å²) >= 11 is 0. The summed E-state index contributed by atoms with van der Waals surface area (Å²) in [5.41, 5.74) is 0.0262. The van der Waals surface area contributed by atoms with Gasteiger partial charge in [0.05, 0.1) is 4.92 Å². The second-order valence-electron chi connectivity index (χ2n) is 4.40. The molecule has 98 valence electrons. The van der Waals surface area contributed by atoms with E-state index in [1.165, 1.54) is 37.1 Å². The van der Waals surface area contributed by atoms with Gasteiger partial charge < -0.3 is 15.2 Å². The minimum absolute atomic E-state index is 0.0262. The molecule has 6 nitrogen and oxygen atoms in total. The summed E-state index contributed by atoms with van der Waals surface area (Å²) in [5.74, 6) is 0.520. The van der Waals surface area contributed by atoms with Gasteiger partial charge in [0.15, 0.2) is 0 Å². The van der Waals surface area contributed by atoms with Gasteiger partial charge in [-0.05, 0) is 25.0 Å². The highest BCUT2D eigenvalue weighted by Crippen LogP contribution is 2.19. The number of nitrogens with one attached hydrogen (secondary N) is 1. The van der Waals surface area contributed by atoms with Crippen molar-refractivity contribution >= 4 is 5.69 Å². The van der Waals surface area contributed by atoms with E-state index >= 15 is 0 Å². The number of benzene rings is 1. The number of ether oxygens (including phenoxy) is 1. The van der Waals surface area contributed by atoms with Gasteiger partial charge in [0.1, 0.15) is 18.5 Å². The molecule has 0 aromatic heterocycles. The Morgan fingerprint density at radius 1 is 1.44 bits per heavy atom. The normalized spacial score (nSPS) is 16.3. The number of aliphatic hydroxyl groups is 1. The molecule has 1 fully saturated rings. The van der Waals surface area contributed by atoms with Crippen molar-refractivity contribution in [2.24, 2.45) is 0 Å². The Bertz CT molecular complexity index is 403. The van der Waals surface area contributed by atoms with Crippen LogP contribution >= 0.6 is 0 Å². The van der Waals surface area contributed by atoms with Crippen molar-refractivity contribution < 1.29 is 14.8 Å². The molecule has 0 saturated heterocycles. The topological polar surface area (TPSA) is 84.6 Å². The van der Waals surface area contributed by atoms with Gasteiger partial charge in [0.25, 0.3) is 5.69 Å². The number of nitro groups is 1. The Labute approximate surface area is 105 Å². The van der Waals surface area contributed by atoms with Gasteiger partial charge in [0, 0.05) is 24.7 Å². The van der Waals surface area contributed by atoms with Crippen LogP contribution in [-0.4, -0.2) is 35.3 Å². The van der Waals surface area contributed by atoms with Crippen LogP contribution in [0.4, 0.5) is 5.69 Å². The summed E-state index contributed by atoms with van der Waals surface area (Å²) in [6.07, 6.45) is 1.78. The maximum absolute atomic E-state index is 10.4. The van der Waals surface area contributed by atoms with E-state index in [4.69, 9.17) is 4.74 Å². The minimum atomic E-state index is -0.569. The van der Waals surface area contributed by atoms with Crippen LogP contribution in [0.5, 0.6) is 5.75 Å². The Balaban J connectivity index is 1.72. The van der Waals surface area contributed by atoms with Crippen LogP contribution in [-0.2, 0) is 0 Å². The van der Waals surface area contributed by atoms with Gasteiger partial charge >= 0.3 is 0 Å². The van der Waals surface area contributed by atoms with Gasteiger partial charge in [-0.25, -0.2) is 0 Å². The molecule has 0 bridgehead atoms. The van der Waals surface area contributed by atoms with E-state index in [2.05, 4.69) is 5.32 Å². The lowest BCUT2D eigenvalue weighted by Gasteiger charge is -2.12. The second kappa shape index (κ2) is 5.79. The number of nitro benzene ring substituents is 1. The largest absolute Gasteiger partial charge is 0.491 e. The summed E-state index contributed by atoms with van der Waals surface area (Å²) in [6, 6.07) is 6.37. The predicted octanol–water partition coefficient (Wildman–Crippen LogP) is 1.09. The molecule has 2 rings (SSSR count). The van der Waals surface area contributed by atoms with E-state index in [9.17, 15) is 15.2 Å². The monoisotopic (exact) mass is 252 g/mol. The first-order valence-corrected chi connectivity index (χ1v) is 5.94. The minimum Gasteiger partial charge on any atom is -0.491 e. The van der Waals surface area contributed by atoms with Gasteiger partial charge in [-0.2, -0.15) is 0 Å². The Hall–Kier alpha value is -1.66. The molecular weight excluding hydrogens is 236 g/mol. The first-order valence-electron chi connectivity index (χ1n) is 5.94. The average Bonchev–Trinajstić information content (AvgIpc) is 3.18. The third kappa shape index (κ3) is 3.97. The SMILES string of the molecule is O=[N+]([O-])c1ccc(OCC(O)CNC2CC2)cc1. The zero-order valence-electron chi connectivity index (χ0n) is 9.91. The lowest BCUT2D eigenvalue weighted by Crippen LogP contribution is -2.32. The van der Waals surface area contributed by atoms with Gasteiger partial charge in [-0.1, -0.05) is 0 Å². The van der Waals surface area contributed by atoms with Crippen LogP contribution in [0.1, 0.15) is 12.8 Å². The Kier molecular flexibility index (Phi) is 4.11. The van der Waals surface area contributed by atoms with Crippen LogP contribution in [0.2, 0.25) is 0 Å². The van der Waals surface area contributed by atoms with Crippen molar-refractivity contribution in [3.63, 3.8) is 0 Å². The summed E-state index contributed by atoms with van der Waals surface area (Å²) in [4.78, 5) is 9.99. The molecule has 1 aromatic carbocycles. The summed E-state index contributed by atoms with van der Waals surface area (Å²) in [7, 11) is 0. The first kappa shape index (κ1) is 12.8. The summed E-state index contributed by atoms with van der Waals surface area (Å²) in [5, 5.41) is 23.3. The number of nitrogens with zero attached hydrogens (tertiary/aromatic N) is 1. The van der Waals surface area contributed by atoms with E-state index in [0.29, 0.717) is 18.3 Å². The molecule has 1 aromatic rings. The van der Waals surface area contributed by atoms with Crippen LogP contribution in [0.3, 0.4) is 0 Å². The highest BCUT2D eigenvalue weighted by molar-refractivity contribution is 5.35. The molecule has 1 aliphatic rings. The van der Waals surface area contributed by atoms with Gasteiger partial charge in [-0.3, -0.25) is 10.1 Å². The maximum atomic E-state index is 10.4. The van der Waals surface area contributed by atoms with Gasteiger partial charge in [0.2, 0.25) is 0 Å². The molecule has 1 unspecified atom stereocenters. The fourth-order valence-corrected chi connectivity index (χ4v) is 1.51. The first-order chi connectivity index (χ1) is 8.65. The number of hydrogen-bond acceptors (Lipinski definition) is 5. The maximum Gasteiger partial charge on any atom is 0.269 e. The molecule has 6 heteroatoms. The van der Waals surface area contributed by atoms with Crippen molar-refractivity contribution in [2.45, 2.75) is 25.0 Å². The Morgan fingerprint density at radius 3 is 2.67 bits per heavy atom. The van der Waals surface area contributed by atoms with E-state index in [1.807, 2.05) is 0 Å². The summed E-state index contributed by atoms with van der Waals surface area (Å²) in [6.45, 7) is 0.690. The zero-order chi connectivity index (χ0) is 13.0. The summed E-state index contributed by atoms with van der Waals surface area (Å²) < 4.78 is 5.34. The third-order valence-corrected chi connectivity index (χ3v) is 2.71. The second-order valence-corrected chi connectivity index (χ2v) is 4.40. The molecule has 0 radical (unpaired) electrons. The predicted molar refractivity (Wildman–Crippen MR) is 65.6 cm³/mol. The van der Waals surface area contributed by atoms with E-state index in [1.54, 1.807) is 0 Å². The lowest BCUT2D eigenvalue weighted by atomic mass is 10.3. The smallest absolute Gasteiger partial charge is 0.269 e. The van der Waals surface area contributed by atoms with Crippen LogP contribution in [0, 0.1) is 10.1 Å². The molecule has 0 heterocycles. The molecule has 1 aliphatic carbocycles.